The van der Waals surface area contributed by atoms with E-state index in [-0.39, 0.29) is 0 Å². The lowest BCUT2D eigenvalue weighted by Gasteiger charge is -2.03. The Balaban J connectivity index is 2.49. The van der Waals surface area contributed by atoms with Crippen LogP contribution in [-0.4, -0.2) is 6.71 Å². The second-order valence-electron chi connectivity index (χ2n) is 4.48. The fourth-order valence-electron chi connectivity index (χ4n) is 2.22. The van der Waals surface area contributed by atoms with Crippen LogP contribution in [0.25, 0.3) is 20.2 Å². The van der Waals surface area contributed by atoms with Crippen LogP contribution in [0.15, 0.2) is 42.5 Å². The second kappa shape index (κ2) is 3.64. The van der Waals surface area contributed by atoms with Crippen LogP contribution < -0.4 is 5.46 Å². The summed E-state index contributed by atoms with van der Waals surface area (Å²) in [5.74, 6) is 0. The van der Waals surface area contributed by atoms with Gasteiger partial charge in [-0.05, 0) is 11.5 Å². The van der Waals surface area contributed by atoms with Gasteiger partial charge in [-0.2, -0.15) is 0 Å². The van der Waals surface area contributed by atoms with Crippen LogP contribution in [0.2, 0.25) is 13.6 Å². The summed E-state index contributed by atoms with van der Waals surface area (Å²) < 4.78 is 2.85. The molecule has 0 N–H and O–H groups in total. The van der Waals surface area contributed by atoms with Crippen LogP contribution in [-0.2, 0) is 0 Å². The van der Waals surface area contributed by atoms with Crippen LogP contribution in [0.5, 0.6) is 0 Å². The number of hydrogen-bond donors (Lipinski definition) is 0. The third-order valence-electron chi connectivity index (χ3n) is 3.06. The topological polar surface area (TPSA) is 0 Å². The Labute approximate surface area is 100.0 Å². The van der Waals surface area contributed by atoms with Crippen molar-refractivity contribution in [1.29, 1.82) is 0 Å². The van der Waals surface area contributed by atoms with Gasteiger partial charge < -0.3 is 0 Å². The van der Waals surface area contributed by atoms with Crippen molar-refractivity contribution in [2.75, 3.05) is 0 Å². The predicted octanol–water partition coefficient (Wildman–Crippen LogP) is 4.02. The molecule has 1 aromatic heterocycles. The molecule has 0 fully saturated rings. The number of benzene rings is 2. The SMILES string of the molecule is CB(C)c1cccc2c1sc1ccccc12. The van der Waals surface area contributed by atoms with E-state index >= 15 is 0 Å². The Morgan fingerprint density at radius 3 is 2.44 bits per heavy atom. The highest BCUT2D eigenvalue weighted by Gasteiger charge is 2.11. The Bertz CT molecular complexity index is 652. The molecule has 1 heterocycles. The summed E-state index contributed by atoms with van der Waals surface area (Å²) in [5, 5.41) is 2.80. The number of hydrogen-bond acceptors (Lipinski definition) is 1. The Morgan fingerprint density at radius 2 is 1.62 bits per heavy atom. The molecule has 0 saturated carbocycles. The summed E-state index contributed by atoms with van der Waals surface area (Å²) in [6, 6.07) is 15.3. The number of fused-ring (bicyclic) bond motifs is 3. The van der Waals surface area contributed by atoms with Gasteiger partial charge in [0.05, 0.1) is 0 Å². The molecule has 0 atom stereocenters. The maximum atomic E-state index is 2.26. The van der Waals surface area contributed by atoms with Crippen molar-refractivity contribution in [3.63, 3.8) is 0 Å². The zero-order valence-electron chi connectivity index (χ0n) is 9.53. The Hall–Kier alpha value is -1.28. The lowest BCUT2D eigenvalue weighted by molar-refractivity contribution is 1.84. The van der Waals surface area contributed by atoms with Gasteiger partial charge in [0.2, 0.25) is 0 Å². The lowest BCUT2D eigenvalue weighted by Crippen LogP contribution is -2.22. The monoisotopic (exact) mass is 224 g/mol. The molecule has 2 aromatic carbocycles. The summed E-state index contributed by atoms with van der Waals surface area (Å²) in [5.41, 5.74) is 1.47. The van der Waals surface area contributed by atoms with E-state index in [1.807, 2.05) is 11.3 Å². The summed E-state index contributed by atoms with van der Waals surface area (Å²) in [4.78, 5) is 0. The summed E-state index contributed by atoms with van der Waals surface area (Å²) in [7, 11) is 0. The minimum atomic E-state index is 0.594. The summed E-state index contributed by atoms with van der Waals surface area (Å²) in [6.07, 6.45) is 0. The van der Waals surface area contributed by atoms with Crippen LogP contribution in [0.4, 0.5) is 0 Å². The molecule has 0 spiro atoms. The second-order valence-corrected chi connectivity index (χ2v) is 5.53. The molecule has 0 bridgehead atoms. The van der Waals surface area contributed by atoms with E-state index < -0.39 is 0 Å². The molecule has 0 amide bonds. The van der Waals surface area contributed by atoms with E-state index in [1.54, 1.807) is 0 Å². The van der Waals surface area contributed by atoms with Crippen molar-refractivity contribution in [2.24, 2.45) is 0 Å². The first-order valence-corrected chi connectivity index (χ1v) is 6.49. The third-order valence-corrected chi connectivity index (χ3v) is 4.29. The van der Waals surface area contributed by atoms with Gasteiger partial charge in [0.25, 0.3) is 0 Å². The highest BCUT2D eigenvalue weighted by molar-refractivity contribution is 7.27. The number of rotatable bonds is 1. The molecular formula is C14H13BS. The first kappa shape index (κ1) is 9.92. The zero-order chi connectivity index (χ0) is 11.1. The van der Waals surface area contributed by atoms with Crippen molar-refractivity contribution in [2.45, 2.75) is 13.6 Å². The quantitative estimate of drug-likeness (QED) is 0.547. The van der Waals surface area contributed by atoms with Gasteiger partial charge in [-0.3, -0.25) is 0 Å². The van der Waals surface area contributed by atoms with Gasteiger partial charge in [-0.25, -0.2) is 0 Å². The van der Waals surface area contributed by atoms with Crippen LogP contribution >= 0.6 is 11.3 Å². The van der Waals surface area contributed by atoms with E-state index in [9.17, 15) is 0 Å². The molecule has 0 saturated heterocycles. The average Bonchev–Trinajstić information content (AvgIpc) is 2.67. The minimum Gasteiger partial charge on any atom is -0.136 e. The van der Waals surface area contributed by atoms with Crippen LogP contribution in [0.3, 0.4) is 0 Å². The maximum Gasteiger partial charge on any atom is 0.171 e. The van der Waals surface area contributed by atoms with Crippen molar-refractivity contribution >= 4 is 43.7 Å². The smallest absolute Gasteiger partial charge is 0.136 e. The van der Waals surface area contributed by atoms with E-state index in [1.165, 1.54) is 25.6 Å². The van der Waals surface area contributed by atoms with Gasteiger partial charge >= 0.3 is 0 Å². The van der Waals surface area contributed by atoms with Gasteiger partial charge in [0.1, 0.15) is 0 Å². The molecule has 2 heteroatoms. The molecular weight excluding hydrogens is 211 g/mol. The molecule has 78 valence electrons. The largest absolute Gasteiger partial charge is 0.171 e. The molecule has 3 rings (SSSR count). The first-order chi connectivity index (χ1) is 7.77. The Morgan fingerprint density at radius 1 is 0.875 bits per heavy atom. The fourth-order valence-corrected chi connectivity index (χ4v) is 3.59. The predicted molar refractivity (Wildman–Crippen MR) is 76.4 cm³/mol. The van der Waals surface area contributed by atoms with E-state index in [2.05, 4.69) is 56.1 Å². The van der Waals surface area contributed by atoms with E-state index in [0.29, 0.717) is 6.71 Å². The van der Waals surface area contributed by atoms with Crippen molar-refractivity contribution in [3.05, 3.63) is 42.5 Å². The average molecular weight is 224 g/mol. The van der Waals surface area contributed by atoms with Crippen molar-refractivity contribution in [1.82, 2.24) is 0 Å². The summed E-state index contributed by atoms with van der Waals surface area (Å²) >= 11 is 1.92. The van der Waals surface area contributed by atoms with Crippen LogP contribution in [0, 0.1) is 0 Å². The summed E-state index contributed by atoms with van der Waals surface area (Å²) in [6.45, 7) is 5.12. The molecule has 16 heavy (non-hydrogen) atoms. The minimum absolute atomic E-state index is 0.594. The van der Waals surface area contributed by atoms with Crippen LogP contribution in [0.1, 0.15) is 0 Å². The molecule has 0 radical (unpaired) electrons. The molecule has 0 unspecified atom stereocenters. The molecule has 0 aliphatic carbocycles. The maximum absolute atomic E-state index is 2.26. The normalized spacial score (nSPS) is 11.1. The van der Waals surface area contributed by atoms with Crippen molar-refractivity contribution in [3.8, 4) is 0 Å². The van der Waals surface area contributed by atoms with Gasteiger partial charge in [0.15, 0.2) is 6.71 Å². The highest BCUT2D eigenvalue weighted by atomic mass is 32.1. The number of thiophene rings is 1. The van der Waals surface area contributed by atoms with E-state index in [0.717, 1.165) is 0 Å². The fraction of sp³-hybridized carbons (Fsp3) is 0.143. The zero-order valence-corrected chi connectivity index (χ0v) is 10.3. The van der Waals surface area contributed by atoms with Crippen molar-refractivity contribution < 1.29 is 0 Å². The lowest BCUT2D eigenvalue weighted by atomic mass is 9.49. The highest BCUT2D eigenvalue weighted by Crippen LogP contribution is 2.32. The van der Waals surface area contributed by atoms with Gasteiger partial charge in [-0.15, -0.1) is 11.3 Å². The molecule has 0 aliphatic heterocycles. The van der Waals surface area contributed by atoms with E-state index in [4.69, 9.17) is 0 Å². The Kier molecular flexibility index (Phi) is 2.25. The third kappa shape index (κ3) is 1.37. The first-order valence-electron chi connectivity index (χ1n) is 5.67. The molecule has 0 aliphatic rings. The van der Waals surface area contributed by atoms with Gasteiger partial charge in [0, 0.05) is 14.8 Å². The molecule has 0 nitrogen and oxygen atoms in total. The molecule has 3 aromatic rings. The van der Waals surface area contributed by atoms with Gasteiger partial charge in [-0.1, -0.05) is 55.5 Å². The standard InChI is InChI=1S/C14H13BS/c1-15(2)12-8-5-7-11-10-6-3-4-9-13(10)16-14(11)12/h3-9H,1-2H3.